The molecule has 0 radical (unpaired) electrons. The Hall–Kier alpha value is -3.54. The molecule has 0 saturated heterocycles. The summed E-state index contributed by atoms with van der Waals surface area (Å²) in [5.41, 5.74) is 0.140. The second-order valence-electron chi connectivity index (χ2n) is 7.50. The number of aromatic nitrogens is 2. The van der Waals surface area contributed by atoms with Gasteiger partial charge in [0.15, 0.2) is 6.29 Å². The monoisotopic (exact) mass is 461 g/mol. The Kier molecular flexibility index (Phi) is 6.96. The van der Waals surface area contributed by atoms with Crippen LogP contribution < -0.4 is 0 Å². The number of aryl methyl sites for hydroxylation is 1. The molecule has 0 aliphatic heterocycles. The highest BCUT2D eigenvalue weighted by Crippen LogP contribution is 2.44. The van der Waals surface area contributed by atoms with Crippen LogP contribution in [0, 0.1) is 11.3 Å². The second-order valence-corrected chi connectivity index (χ2v) is 7.50. The topological polar surface area (TPSA) is 58.7 Å². The average Bonchev–Trinajstić information content (AvgIpc) is 3.15. The van der Waals surface area contributed by atoms with Crippen LogP contribution in [0.15, 0.2) is 48.5 Å². The van der Waals surface area contributed by atoms with E-state index in [4.69, 9.17) is 0 Å². The summed E-state index contributed by atoms with van der Waals surface area (Å²) >= 11 is 0. The number of hydrogen-bond donors (Lipinski definition) is 0. The summed E-state index contributed by atoms with van der Waals surface area (Å²) in [6, 6.07) is 15.9. The van der Waals surface area contributed by atoms with Crippen molar-refractivity contribution in [2.45, 2.75) is 44.8 Å². The smallest absolute Gasteiger partial charge is 0.321 e. The van der Waals surface area contributed by atoms with Crippen molar-refractivity contribution < 1.29 is 26.7 Å². The number of carbonyl (C=O) groups is 1. The lowest BCUT2D eigenvalue weighted by Gasteiger charge is -2.18. The number of unbranched alkanes of at least 4 members (excludes halogenated alkanes) is 1. The van der Waals surface area contributed by atoms with E-state index in [-0.39, 0.29) is 25.1 Å². The average molecular weight is 461 g/mol. The number of rotatable bonds is 8. The molecule has 1 heterocycles. The van der Waals surface area contributed by atoms with Gasteiger partial charge in [-0.15, -0.1) is 0 Å². The van der Waals surface area contributed by atoms with Crippen molar-refractivity contribution in [2.75, 3.05) is 0 Å². The minimum absolute atomic E-state index is 0.00298. The summed E-state index contributed by atoms with van der Waals surface area (Å²) in [7, 11) is 0. The van der Waals surface area contributed by atoms with Crippen LogP contribution in [0.25, 0.3) is 11.1 Å². The SMILES string of the molecule is CCCCc1nc(C(F)(F)C(F)(F)F)c(C=O)n1Cc1ccc(-c2ccccc2C#N)cc1. The number of nitriles is 1. The van der Waals surface area contributed by atoms with Crippen LogP contribution in [0.2, 0.25) is 0 Å². The van der Waals surface area contributed by atoms with Crippen molar-refractivity contribution in [3.05, 3.63) is 76.9 Å². The molecule has 0 N–H and O–H groups in total. The molecule has 9 heteroatoms. The predicted octanol–water partition coefficient (Wildman–Crippen LogP) is 6.28. The zero-order valence-electron chi connectivity index (χ0n) is 17.7. The quantitative estimate of drug-likeness (QED) is 0.293. The van der Waals surface area contributed by atoms with E-state index in [1.165, 1.54) is 0 Å². The number of benzene rings is 2. The normalized spacial score (nSPS) is 11.9. The van der Waals surface area contributed by atoms with E-state index < -0.39 is 23.5 Å². The van der Waals surface area contributed by atoms with Crippen molar-refractivity contribution in [1.82, 2.24) is 9.55 Å². The zero-order valence-corrected chi connectivity index (χ0v) is 17.7. The van der Waals surface area contributed by atoms with E-state index in [9.17, 15) is 32.0 Å². The molecule has 0 atom stereocenters. The Morgan fingerprint density at radius 2 is 1.73 bits per heavy atom. The van der Waals surface area contributed by atoms with E-state index in [1.807, 2.05) is 6.92 Å². The first-order valence-electron chi connectivity index (χ1n) is 10.2. The highest BCUT2D eigenvalue weighted by atomic mass is 19.4. The molecule has 0 aliphatic carbocycles. The van der Waals surface area contributed by atoms with Crippen LogP contribution in [0.3, 0.4) is 0 Å². The van der Waals surface area contributed by atoms with Gasteiger partial charge in [-0.2, -0.15) is 27.2 Å². The van der Waals surface area contributed by atoms with Gasteiger partial charge in [0.1, 0.15) is 17.2 Å². The van der Waals surface area contributed by atoms with Gasteiger partial charge in [0.05, 0.1) is 11.6 Å². The van der Waals surface area contributed by atoms with Gasteiger partial charge in [0.2, 0.25) is 0 Å². The summed E-state index contributed by atoms with van der Waals surface area (Å²) in [5, 5.41) is 9.28. The molecule has 0 spiro atoms. The third kappa shape index (κ3) is 4.80. The molecular weight excluding hydrogens is 441 g/mol. The molecule has 4 nitrogen and oxygen atoms in total. The zero-order chi connectivity index (χ0) is 24.2. The van der Waals surface area contributed by atoms with Crippen LogP contribution in [-0.2, 0) is 18.9 Å². The summed E-state index contributed by atoms with van der Waals surface area (Å²) in [6.07, 6.45) is -4.55. The highest BCUT2D eigenvalue weighted by molar-refractivity contribution is 5.75. The number of nitrogens with zero attached hydrogens (tertiary/aromatic N) is 3. The number of carbonyl (C=O) groups excluding carboxylic acids is 1. The first-order valence-corrected chi connectivity index (χ1v) is 10.2. The first-order chi connectivity index (χ1) is 15.6. The van der Waals surface area contributed by atoms with Gasteiger partial charge in [0, 0.05) is 13.0 Å². The fraction of sp³-hybridized carbons (Fsp3) is 0.292. The van der Waals surface area contributed by atoms with Gasteiger partial charge in [0.25, 0.3) is 0 Å². The van der Waals surface area contributed by atoms with Gasteiger partial charge in [-0.3, -0.25) is 4.79 Å². The second kappa shape index (κ2) is 9.53. The summed E-state index contributed by atoms with van der Waals surface area (Å²) in [4.78, 5) is 15.2. The molecule has 0 fully saturated rings. The summed E-state index contributed by atoms with van der Waals surface area (Å²) in [5.74, 6) is -5.25. The van der Waals surface area contributed by atoms with Crippen LogP contribution in [0.4, 0.5) is 22.0 Å². The fourth-order valence-electron chi connectivity index (χ4n) is 3.51. The molecule has 172 valence electrons. The molecule has 0 saturated carbocycles. The molecule has 3 rings (SSSR count). The number of hydrogen-bond acceptors (Lipinski definition) is 3. The van der Waals surface area contributed by atoms with E-state index in [0.29, 0.717) is 29.5 Å². The maximum absolute atomic E-state index is 14.1. The van der Waals surface area contributed by atoms with Crippen molar-refractivity contribution in [1.29, 1.82) is 5.26 Å². The van der Waals surface area contributed by atoms with E-state index in [0.717, 1.165) is 10.1 Å². The van der Waals surface area contributed by atoms with E-state index in [2.05, 4.69) is 11.1 Å². The molecule has 0 aliphatic rings. The minimum atomic E-state index is -5.87. The maximum atomic E-state index is 14.1. The standard InChI is InChI=1S/C24H20F5N3O/c1-2-3-8-21-31-22(23(25,26)24(27,28)29)20(15-33)32(21)14-16-9-11-17(12-10-16)19-7-5-4-6-18(19)13-30/h4-7,9-12,15H,2-3,8,14H2,1H3. The molecule has 1 aromatic heterocycles. The maximum Gasteiger partial charge on any atom is 0.459 e. The van der Waals surface area contributed by atoms with Crippen LogP contribution in [0.1, 0.15) is 52.9 Å². The molecular formula is C24H20F5N3O. The minimum Gasteiger partial charge on any atom is -0.321 e. The van der Waals surface area contributed by atoms with E-state index in [1.54, 1.807) is 48.5 Å². The highest BCUT2D eigenvalue weighted by Gasteiger charge is 2.61. The van der Waals surface area contributed by atoms with Crippen LogP contribution in [-0.4, -0.2) is 22.0 Å². The van der Waals surface area contributed by atoms with Crippen molar-refractivity contribution in [3.63, 3.8) is 0 Å². The predicted molar refractivity (Wildman–Crippen MR) is 112 cm³/mol. The summed E-state index contributed by atoms with van der Waals surface area (Å²) in [6.45, 7) is 1.74. The molecule has 3 aromatic rings. The Morgan fingerprint density at radius 1 is 1.06 bits per heavy atom. The first kappa shape index (κ1) is 24.1. The van der Waals surface area contributed by atoms with Crippen LogP contribution >= 0.6 is 0 Å². The lowest BCUT2D eigenvalue weighted by molar-refractivity contribution is -0.290. The van der Waals surface area contributed by atoms with Gasteiger partial charge in [-0.1, -0.05) is 55.8 Å². The molecule has 0 amide bonds. The van der Waals surface area contributed by atoms with Crippen LogP contribution in [0.5, 0.6) is 0 Å². The fourth-order valence-corrected chi connectivity index (χ4v) is 3.51. The summed E-state index contributed by atoms with van der Waals surface area (Å²) < 4.78 is 68.3. The number of aldehydes is 1. The Morgan fingerprint density at radius 3 is 2.30 bits per heavy atom. The lowest BCUT2D eigenvalue weighted by atomic mass is 9.99. The number of imidazole rings is 1. The Balaban J connectivity index is 2.02. The molecule has 2 aromatic carbocycles. The van der Waals surface area contributed by atoms with Gasteiger partial charge >= 0.3 is 12.1 Å². The lowest BCUT2D eigenvalue weighted by Crippen LogP contribution is -2.35. The number of halogens is 5. The van der Waals surface area contributed by atoms with Gasteiger partial charge in [-0.05, 0) is 29.2 Å². The third-order valence-electron chi connectivity index (χ3n) is 5.26. The largest absolute Gasteiger partial charge is 0.459 e. The van der Waals surface area contributed by atoms with Crippen molar-refractivity contribution in [3.8, 4) is 17.2 Å². The molecule has 0 unspecified atom stereocenters. The van der Waals surface area contributed by atoms with Gasteiger partial charge in [-0.25, -0.2) is 4.98 Å². The number of alkyl halides is 5. The van der Waals surface area contributed by atoms with E-state index >= 15 is 0 Å². The van der Waals surface area contributed by atoms with Crippen molar-refractivity contribution >= 4 is 6.29 Å². The molecule has 33 heavy (non-hydrogen) atoms. The van der Waals surface area contributed by atoms with Gasteiger partial charge < -0.3 is 4.57 Å². The molecule has 0 bridgehead atoms. The Bertz CT molecular complexity index is 1170. The third-order valence-corrected chi connectivity index (χ3v) is 5.26. The van der Waals surface area contributed by atoms with Crippen molar-refractivity contribution in [2.24, 2.45) is 0 Å². The Labute approximate surface area is 187 Å².